The smallest absolute Gasteiger partial charge is 0.316 e. The fourth-order valence-electron chi connectivity index (χ4n) is 1.05. The number of urea groups is 1. The Morgan fingerprint density at radius 1 is 1.06 bits per heavy atom. The van der Waals surface area contributed by atoms with Gasteiger partial charge in [0.2, 0.25) is 5.96 Å². The maximum absolute atomic E-state index is 10.6. The van der Waals surface area contributed by atoms with Crippen LogP contribution in [0, 0.1) is 0 Å². The van der Waals surface area contributed by atoms with Crippen molar-refractivity contribution >= 4 is 29.3 Å². The lowest BCUT2D eigenvalue weighted by molar-refractivity contribution is 0.259. The summed E-state index contributed by atoms with van der Waals surface area (Å²) >= 11 is 0. The molecule has 0 heterocycles. The van der Waals surface area contributed by atoms with Crippen molar-refractivity contribution in [3.05, 3.63) is 24.3 Å². The number of guanidine groups is 2. The Bertz CT molecular complexity index is 459. The zero-order valence-electron chi connectivity index (χ0n) is 8.92. The molecular weight excluding hydrogens is 222 g/mol. The minimum Gasteiger partial charge on any atom is -0.370 e. The summed E-state index contributed by atoms with van der Waals surface area (Å²) in [5, 5.41) is 2.41. The van der Waals surface area contributed by atoms with Gasteiger partial charge in [-0.25, -0.2) is 9.79 Å². The number of hydrogen-bond acceptors (Lipinski definition) is 2. The molecule has 1 aromatic rings. The first-order valence-electron chi connectivity index (χ1n) is 4.57. The number of carbonyl (C=O) groups is 1. The molecule has 0 aromatic heterocycles. The minimum absolute atomic E-state index is 0.0550. The van der Waals surface area contributed by atoms with Gasteiger partial charge in [-0.05, 0) is 24.3 Å². The van der Waals surface area contributed by atoms with Crippen LogP contribution in [0.2, 0.25) is 0 Å². The van der Waals surface area contributed by atoms with Crippen LogP contribution in [0.5, 0.6) is 0 Å². The van der Waals surface area contributed by atoms with E-state index in [9.17, 15) is 4.79 Å². The number of hydrogen-bond donors (Lipinski definition) is 5. The monoisotopic (exact) mass is 235 g/mol. The second kappa shape index (κ2) is 5.35. The topological polar surface area (TPSA) is 158 Å². The molecule has 0 aliphatic rings. The number of rotatable bonds is 2. The van der Waals surface area contributed by atoms with Crippen molar-refractivity contribution in [2.75, 3.05) is 5.32 Å². The molecule has 0 saturated carbocycles. The van der Waals surface area contributed by atoms with Gasteiger partial charge in [-0.1, -0.05) is 0 Å². The van der Waals surface area contributed by atoms with Crippen molar-refractivity contribution in [1.29, 1.82) is 0 Å². The van der Waals surface area contributed by atoms with Gasteiger partial charge in [0.05, 0.1) is 5.69 Å². The number of nitrogens with two attached hydrogens (primary N) is 4. The molecule has 17 heavy (non-hydrogen) atoms. The number of nitrogens with one attached hydrogen (secondary N) is 1. The average molecular weight is 235 g/mol. The molecule has 1 aromatic carbocycles. The molecule has 0 aliphatic heterocycles. The van der Waals surface area contributed by atoms with Gasteiger partial charge in [0.15, 0.2) is 5.96 Å². The van der Waals surface area contributed by atoms with Crippen molar-refractivity contribution in [1.82, 2.24) is 0 Å². The molecule has 0 fully saturated rings. The molecule has 0 spiro atoms. The maximum Gasteiger partial charge on any atom is 0.316 e. The molecular formula is C9H13N7O. The van der Waals surface area contributed by atoms with Gasteiger partial charge >= 0.3 is 6.03 Å². The van der Waals surface area contributed by atoms with Crippen molar-refractivity contribution in [2.24, 2.45) is 32.9 Å². The SMILES string of the molecule is NC(=O)Nc1ccc(N=C(N)N=C(N)N)cc1. The molecule has 8 heteroatoms. The summed E-state index contributed by atoms with van der Waals surface area (Å²) in [5.74, 6) is -0.223. The second-order valence-corrected chi connectivity index (χ2v) is 3.04. The molecule has 2 amide bonds. The normalized spacial score (nSPS) is 10.7. The third kappa shape index (κ3) is 4.51. The third-order valence-electron chi connectivity index (χ3n) is 1.62. The van der Waals surface area contributed by atoms with Crippen LogP contribution in [0.1, 0.15) is 0 Å². The predicted molar refractivity (Wildman–Crippen MR) is 66.7 cm³/mol. The van der Waals surface area contributed by atoms with Crippen LogP contribution in [0.4, 0.5) is 16.2 Å². The van der Waals surface area contributed by atoms with Gasteiger partial charge < -0.3 is 28.3 Å². The van der Waals surface area contributed by atoms with Crippen LogP contribution in [0.15, 0.2) is 34.3 Å². The first kappa shape index (κ1) is 12.3. The molecule has 90 valence electrons. The highest BCUT2D eigenvalue weighted by atomic mass is 16.2. The Morgan fingerprint density at radius 2 is 1.65 bits per heavy atom. The van der Waals surface area contributed by atoms with E-state index in [-0.39, 0.29) is 11.9 Å². The van der Waals surface area contributed by atoms with Gasteiger partial charge in [-0.3, -0.25) is 0 Å². The summed E-state index contributed by atoms with van der Waals surface area (Å²) in [5.41, 5.74) is 21.8. The van der Waals surface area contributed by atoms with E-state index in [2.05, 4.69) is 15.3 Å². The van der Waals surface area contributed by atoms with Crippen molar-refractivity contribution in [2.45, 2.75) is 0 Å². The fourth-order valence-corrected chi connectivity index (χ4v) is 1.05. The zero-order valence-corrected chi connectivity index (χ0v) is 8.92. The van der Waals surface area contributed by atoms with Crippen LogP contribution in [-0.4, -0.2) is 18.0 Å². The van der Waals surface area contributed by atoms with Crippen molar-refractivity contribution in [3.63, 3.8) is 0 Å². The van der Waals surface area contributed by atoms with E-state index in [4.69, 9.17) is 22.9 Å². The van der Waals surface area contributed by atoms with Gasteiger partial charge in [0.1, 0.15) is 0 Å². The summed E-state index contributed by atoms with van der Waals surface area (Å²) in [4.78, 5) is 18.0. The number of anilines is 1. The van der Waals surface area contributed by atoms with Gasteiger partial charge in [-0.15, -0.1) is 0 Å². The van der Waals surface area contributed by atoms with E-state index in [0.717, 1.165) is 0 Å². The Kier molecular flexibility index (Phi) is 3.87. The van der Waals surface area contributed by atoms with Gasteiger partial charge in [0.25, 0.3) is 0 Å². The summed E-state index contributed by atoms with van der Waals surface area (Å²) in [7, 11) is 0. The number of nitrogens with zero attached hydrogens (tertiary/aromatic N) is 2. The summed E-state index contributed by atoms with van der Waals surface area (Å²) in [6.45, 7) is 0. The Morgan fingerprint density at radius 3 is 2.12 bits per heavy atom. The highest BCUT2D eigenvalue weighted by Crippen LogP contribution is 2.15. The van der Waals surface area contributed by atoms with Crippen LogP contribution >= 0.6 is 0 Å². The molecule has 9 N–H and O–H groups in total. The summed E-state index contributed by atoms with van der Waals surface area (Å²) in [6.07, 6.45) is 0. The molecule has 0 saturated heterocycles. The minimum atomic E-state index is -0.638. The number of benzene rings is 1. The quantitative estimate of drug-likeness (QED) is 0.342. The van der Waals surface area contributed by atoms with Crippen molar-refractivity contribution < 1.29 is 4.79 Å². The van der Waals surface area contributed by atoms with Crippen LogP contribution in [0.25, 0.3) is 0 Å². The summed E-state index contributed by atoms with van der Waals surface area (Å²) < 4.78 is 0. The third-order valence-corrected chi connectivity index (χ3v) is 1.62. The highest BCUT2D eigenvalue weighted by Gasteiger charge is 1.96. The van der Waals surface area contributed by atoms with E-state index in [0.29, 0.717) is 11.4 Å². The average Bonchev–Trinajstić information content (AvgIpc) is 2.18. The van der Waals surface area contributed by atoms with E-state index < -0.39 is 6.03 Å². The molecule has 1 rings (SSSR count). The molecule has 0 unspecified atom stereocenters. The zero-order chi connectivity index (χ0) is 12.8. The standard InChI is InChI=1S/C9H13N7O/c10-7(11)16-8(12)14-5-1-3-6(4-2-5)15-9(13)17/h1-4H,(H3,13,15,17)(H6,10,11,12,14,16). The van der Waals surface area contributed by atoms with Crippen molar-refractivity contribution in [3.8, 4) is 0 Å². The molecule has 0 bridgehead atoms. The number of aliphatic imine (C=N–C) groups is 2. The Balaban J connectivity index is 2.81. The summed E-state index contributed by atoms with van der Waals surface area (Å²) in [6, 6.07) is 5.85. The van der Waals surface area contributed by atoms with E-state index >= 15 is 0 Å². The molecule has 0 aliphatic carbocycles. The van der Waals surface area contributed by atoms with Crippen LogP contribution in [-0.2, 0) is 0 Å². The number of primary amides is 1. The van der Waals surface area contributed by atoms with Crippen LogP contribution in [0.3, 0.4) is 0 Å². The molecule has 0 atom stereocenters. The van der Waals surface area contributed by atoms with E-state index in [1.54, 1.807) is 24.3 Å². The Labute approximate surface area is 97.4 Å². The highest BCUT2D eigenvalue weighted by molar-refractivity contribution is 5.93. The lowest BCUT2D eigenvalue weighted by atomic mass is 10.3. The van der Waals surface area contributed by atoms with E-state index in [1.807, 2.05) is 0 Å². The lowest BCUT2D eigenvalue weighted by Crippen LogP contribution is -2.26. The fraction of sp³-hybridized carbons (Fsp3) is 0. The van der Waals surface area contributed by atoms with Crippen LogP contribution < -0.4 is 28.3 Å². The largest absolute Gasteiger partial charge is 0.370 e. The van der Waals surface area contributed by atoms with E-state index in [1.165, 1.54) is 0 Å². The van der Waals surface area contributed by atoms with Gasteiger partial charge in [0, 0.05) is 5.69 Å². The number of amides is 2. The maximum atomic E-state index is 10.6. The molecule has 8 nitrogen and oxygen atoms in total. The predicted octanol–water partition coefficient (Wildman–Crippen LogP) is -0.603. The number of carbonyl (C=O) groups excluding carboxylic acids is 1. The molecule has 0 radical (unpaired) electrons. The second-order valence-electron chi connectivity index (χ2n) is 3.04. The first-order chi connectivity index (χ1) is 7.97. The Hall–Kier alpha value is -2.77. The first-order valence-corrected chi connectivity index (χ1v) is 4.57. The lowest BCUT2D eigenvalue weighted by Gasteiger charge is -2.01. The van der Waals surface area contributed by atoms with Gasteiger partial charge in [-0.2, -0.15) is 4.99 Å².